The van der Waals surface area contributed by atoms with E-state index in [-0.39, 0.29) is 5.75 Å². The van der Waals surface area contributed by atoms with E-state index in [0.717, 1.165) is 11.1 Å². The van der Waals surface area contributed by atoms with Gasteiger partial charge >= 0.3 is 0 Å². The van der Waals surface area contributed by atoms with E-state index in [1.165, 1.54) is 0 Å². The molecule has 0 aliphatic rings. The fourth-order valence-corrected chi connectivity index (χ4v) is 1.70. The lowest BCUT2D eigenvalue weighted by molar-refractivity contribution is 0.476. The number of hydrogen-bond donors (Lipinski definition) is 1. The summed E-state index contributed by atoms with van der Waals surface area (Å²) < 4.78 is 0. The van der Waals surface area contributed by atoms with E-state index >= 15 is 0 Å². The normalized spacial score (nSPS) is 11.1. The molecule has 18 heavy (non-hydrogen) atoms. The second-order valence-corrected chi connectivity index (χ2v) is 4.48. The van der Waals surface area contributed by atoms with Gasteiger partial charge in [-0.2, -0.15) is 5.11 Å². The van der Waals surface area contributed by atoms with Crippen molar-refractivity contribution in [3.63, 3.8) is 0 Å². The van der Waals surface area contributed by atoms with Crippen molar-refractivity contribution >= 4 is 23.0 Å². The third-order valence-corrected chi connectivity index (χ3v) is 3.04. The van der Waals surface area contributed by atoms with E-state index in [0.29, 0.717) is 16.4 Å². The number of rotatable bonds is 2. The summed E-state index contributed by atoms with van der Waals surface area (Å²) >= 11 is 6.00. The van der Waals surface area contributed by atoms with Gasteiger partial charge in [0.1, 0.15) is 11.4 Å². The van der Waals surface area contributed by atoms with Gasteiger partial charge in [-0.05, 0) is 49.2 Å². The third-order valence-electron chi connectivity index (χ3n) is 2.64. The van der Waals surface area contributed by atoms with Crippen LogP contribution in [0.4, 0.5) is 11.4 Å². The minimum Gasteiger partial charge on any atom is -0.506 e. The lowest BCUT2D eigenvalue weighted by atomic mass is 10.2. The Morgan fingerprint density at radius 3 is 2.50 bits per heavy atom. The number of aryl methyl sites for hydroxylation is 1. The number of benzene rings is 2. The zero-order chi connectivity index (χ0) is 13.1. The average Bonchev–Trinajstić information content (AvgIpc) is 2.35. The molecule has 2 aromatic carbocycles. The molecule has 0 atom stereocenters. The summed E-state index contributed by atoms with van der Waals surface area (Å²) in [6.07, 6.45) is 0. The van der Waals surface area contributed by atoms with Gasteiger partial charge in [0.05, 0.1) is 5.69 Å². The summed E-state index contributed by atoms with van der Waals surface area (Å²) in [6, 6.07) is 10.7. The van der Waals surface area contributed by atoms with E-state index in [9.17, 15) is 5.11 Å². The number of phenols is 1. The van der Waals surface area contributed by atoms with Gasteiger partial charge < -0.3 is 5.11 Å². The lowest BCUT2D eigenvalue weighted by Crippen LogP contribution is -1.76. The first-order valence-electron chi connectivity index (χ1n) is 5.54. The van der Waals surface area contributed by atoms with Crippen molar-refractivity contribution in [1.29, 1.82) is 0 Å². The molecule has 4 heteroatoms. The minimum absolute atomic E-state index is 0.115. The molecule has 0 aliphatic carbocycles. The van der Waals surface area contributed by atoms with Crippen molar-refractivity contribution in [1.82, 2.24) is 0 Å². The third kappa shape index (κ3) is 2.68. The molecule has 0 saturated carbocycles. The molecule has 0 spiro atoms. The predicted molar refractivity (Wildman–Crippen MR) is 73.2 cm³/mol. The highest BCUT2D eigenvalue weighted by atomic mass is 35.5. The molecule has 0 saturated heterocycles. The van der Waals surface area contributed by atoms with Crippen LogP contribution in [-0.2, 0) is 0 Å². The van der Waals surface area contributed by atoms with Crippen molar-refractivity contribution in [3.05, 3.63) is 52.5 Å². The van der Waals surface area contributed by atoms with Gasteiger partial charge in [0, 0.05) is 5.02 Å². The summed E-state index contributed by atoms with van der Waals surface area (Å²) in [5.41, 5.74) is 3.04. The molecule has 3 nitrogen and oxygen atoms in total. The molecule has 92 valence electrons. The molecule has 0 amide bonds. The highest BCUT2D eigenvalue weighted by Crippen LogP contribution is 2.31. The molecule has 0 fully saturated rings. The van der Waals surface area contributed by atoms with E-state index in [2.05, 4.69) is 10.2 Å². The smallest absolute Gasteiger partial charge is 0.143 e. The van der Waals surface area contributed by atoms with Gasteiger partial charge in [0.2, 0.25) is 0 Å². The molecule has 2 rings (SSSR count). The summed E-state index contributed by atoms with van der Waals surface area (Å²) in [5, 5.41) is 18.5. The molecular formula is C14H13ClN2O. The number of halogens is 1. The predicted octanol–water partition coefficient (Wildman–Crippen LogP) is 5.08. The molecule has 0 radical (unpaired) electrons. The second-order valence-electron chi connectivity index (χ2n) is 4.08. The summed E-state index contributed by atoms with van der Waals surface area (Å²) in [4.78, 5) is 0. The Morgan fingerprint density at radius 2 is 1.72 bits per heavy atom. The Balaban J connectivity index is 2.36. The SMILES string of the molecule is Cc1ccc(O)c(N=Nc2cccc(Cl)c2C)c1. The van der Waals surface area contributed by atoms with Crippen LogP contribution in [0.3, 0.4) is 0 Å². The fraction of sp³-hybridized carbons (Fsp3) is 0.143. The van der Waals surface area contributed by atoms with Gasteiger partial charge in [-0.3, -0.25) is 0 Å². The van der Waals surface area contributed by atoms with Gasteiger partial charge in [0.25, 0.3) is 0 Å². The van der Waals surface area contributed by atoms with E-state index < -0.39 is 0 Å². The topological polar surface area (TPSA) is 45.0 Å². The zero-order valence-electron chi connectivity index (χ0n) is 10.2. The Kier molecular flexibility index (Phi) is 3.63. The number of aromatic hydroxyl groups is 1. The van der Waals surface area contributed by atoms with Crippen LogP contribution < -0.4 is 0 Å². The highest BCUT2D eigenvalue weighted by Gasteiger charge is 2.02. The Labute approximate surface area is 111 Å². The average molecular weight is 261 g/mol. The molecule has 0 bridgehead atoms. The Bertz CT molecular complexity index is 605. The maximum Gasteiger partial charge on any atom is 0.143 e. The van der Waals surface area contributed by atoms with Crippen LogP contribution in [0.15, 0.2) is 46.6 Å². The van der Waals surface area contributed by atoms with Gasteiger partial charge in [-0.25, -0.2) is 0 Å². The molecule has 0 aliphatic heterocycles. The van der Waals surface area contributed by atoms with Crippen molar-refractivity contribution < 1.29 is 5.11 Å². The van der Waals surface area contributed by atoms with Crippen LogP contribution in [0.5, 0.6) is 5.75 Å². The zero-order valence-corrected chi connectivity index (χ0v) is 10.9. The molecular weight excluding hydrogens is 248 g/mol. The van der Waals surface area contributed by atoms with E-state index in [1.807, 2.05) is 32.0 Å². The molecule has 1 N–H and O–H groups in total. The van der Waals surface area contributed by atoms with Crippen molar-refractivity contribution in [2.75, 3.05) is 0 Å². The quantitative estimate of drug-likeness (QED) is 0.752. The van der Waals surface area contributed by atoms with Crippen LogP contribution >= 0.6 is 11.6 Å². The first-order valence-corrected chi connectivity index (χ1v) is 5.92. The number of hydrogen-bond acceptors (Lipinski definition) is 3. The van der Waals surface area contributed by atoms with Crippen LogP contribution in [0, 0.1) is 13.8 Å². The first kappa shape index (κ1) is 12.6. The lowest BCUT2D eigenvalue weighted by Gasteiger charge is -2.02. The standard InChI is InChI=1S/C14H13ClN2O/c1-9-6-7-14(18)13(8-9)17-16-12-5-3-4-11(15)10(12)2/h3-8,18H,1-2H3. The summed E-state index contributed by atoms with van der Waals surface area (Å²) in [7, 11) is 0. The minimum atomic E-state index is 0.115. The van der Waals surface area contributed by atoms with Crippen LogP contribution in [0.25, 0.3) is 0 Å². The van der Waals surface area contributed by atoms with E-state index in [1.54, 1.807) is 18.2 Å². The number of azo groups is 1. The Hall–Kier alpha value is -1.87. The summed E-state index contributed by atoms with van der Waals surface area (Å²) in [5.74, 6) is 0.115. The van der Waals surface area contributed by atoms with Crippen LogP contribution in [0.2, 0.25) is 5.02 Å². The summed E-state index contributed by atoms with van der Waals surface area (Å²) in [6.45, 7) is 3.82. The molecule has 0 aromatic heterocycles. The van der Waals surface area contributed by atoms with Crippen molar-refractivity contribution in [2.24, 2.45) is 10.2 Å². The maximum atomic E-state index is 9.66. The van der Waals surface area contributed by atoms with Gasteiger partial charge in [-0.1, -0.05) is 23.7 Å². The molecule has 0 heterocycles. The largest absolute Gasteiger partial charge is 0.506 e. The number of phenolic OH excluding ortho intramolecular Hbond substituents is 1. The van der Waals surface area contributed by atoms with Gasteiger partial charge in [-0.15, -0.1) is 5.11 Å². The van der Waals surface area contributed by atoms with E-state index in [4.69, 9.17) is 11.6 Å². The molecule has 2 aromatic rings. The van der Waals surface area contributed by atoms with Crippen LogP contribution in [-0.4, -0.2) is 5.11 Å². The Morgan fingerprint density at radius 1 is 1.00 bits per heavy atom. The number of nitrogens with zero attached hydrogens (tertiary/aromatic N) is 2. The van der Waals surface area contributed by atoms with Crippen molar-refractivity contribution in [2.45, 2.75) is 13.8 Å². The maximum absolute atomic E-state index is 9.66. The first-order chi connectivity index (χ1) is 8.58. The van der Waals surface area contributed by atoms with Crippen LogP contribution in [0.1, 0.15) is 11.1 Å². The molecule has 0 unspecified atom stereocenters. The monoisotopic (exact) mass is 260 g/mol. The second kappa shape index (κ2) is 5.19. The van der Waals surface area contributed by atoms with Gasteiger partial charge in [0.15, 0.2) is 0 Å². The fourth-order valence-electron chi connectivity index (χ4n) is 1.53. The highest BCUT2D eigenvalue weighted by molar-refractivity contribution is 6.31. The van der Waals surface area contributed by atoms with Crippen molar-refractivity contribution in [3.8, 4) is 5.75 Å².